The van der Waals surface area contributed by atoms with Gasteiger partial charge in [-0.2, -0.15) is 0 Å². The molecule has 1 atom stereocenters. The van der Waals surface area contributed by atoms with Gasteiger partial charge in [0.1, 0.15) is 0 Å². The van der Waals surface area contributed by atoms with Crippen molar-refractivity contribution in [3.05, 3.63) is 65.7 Å². The quantitative estimate of drug-likeness (QED) is 0.866. The van der Waals surface area contributed by atoms with Gasteiger partial charge in [-0.3, -0.25) is 9.59 Å². The lowest BCUT2D eigenvalue weighted by Crippen LogP contribution is -2.34. The summed E-state index contributed by atoms with van der Waals surface area (Å²) in [4.78, 5) is 26.8. The fourth-order valence-electron chi connectivity index (χ4n) is 3.46. The van der Waals surface area contributed by atoms with E-state index in [4.69, 9.17) is 0 Å². The smallest absolute Gasteiger partial charge is 0.227 e. The highest BCUT2D eigenvalue weighted by Crippen LogP contribution is 2.32. The molecule has 4 heteroatoms. The van der Waals surface area contributed by atoms with E-state index in [0.29, 0.717) is 19.0 Å². The number of carbonyl (C=O) groups is 2. The van der Waals surface area contributed by atoms with Crippen LogP contribution in [-0.4, -0.2) is 24.9 Å². The number of amides is 2. The van der Waals surface area contributed by atoms with E-state index in [1.165, 1.54) is 5.56 Å². The Morgan fingerprint density at radius 2 is 1.81 bits per heavy atom. The van der Waals surface area contributed by atoms with Gasteiger partial charge in [0.2, 0.25) is 11.8 Å². The van der Waals surface area contributed by atoms with Crippen LogP contribution in [0.15, 0.2) is 54.6 Å². The lowest BCUT2D eigenvalue weighted by atomic mass is 10.0. The molecule has 1 aliphatic heterocycles. The van der Waals surface area contributed by atoms with Crippen LogP contribution in [0.5, 0.6) is 0 Å². The van der Waals surface area contributed by atoms with Crippen molar-refractivity contribution in [3.63, 3.8) is 0 Å². The monoisotopic (exact) mass is 350 g/mol. The number of benzene rings is 2. The summed E-state index contributed by atoms with van der Waals surface area (Å²) in [7, 11) is 0. The van der Waals surface area contributed by atoms with Gasteiger partial charge in [0.25, 0.3) is 0 Å². The van der Waals surface area contributed by atoms with Crippen molar-refractivity contribution in [2.24, 2.45) is 5.92 Å². The zero-order chi connectivity index (χ0) is 18.5. The van der Waals surface area contributed by atoms with Crippen LogP contribution in [0.3, 0.4) is 0 Å². The standard InChI is InChI=1S/C22H26N2O2/c1-16(2)19-10-6-7-11-20(19)24-15-18(14-21(24)25)22(26)23-13-12-17-8-4-3-5-9-17/h3-11,16,18H,12-15H2,1-2H3,(H,23,26). The van der Waals surface area contributed by atoms with Crippen molar-refractivity contribution in [1.82, 2.24) is 5.32 Å². The first-order valence-electron chi connectivity index (χ1n) is 9.27. The van der Waals surface area contributed by atoms with Crippen LogP contribution in [0.1, 0.15) is 37.3 Å². The first-order chi connectivity index (χ1) is 12.6. The molecule has 0 aromatic heterocycles. The Balaban J connectivity index is 1.60. The van der Waals surface area contributed by atoms with E-state index in [1.54, 1.807) is 4.90 Å². The fourth-order valence-corrected chi connectivity index (χ4v) is 3.46. The number of hydrogen-bond acceptors (Lipinski definition) is 2. The molecule has 0 spiro atoms. The maximum atomic E-state index is 12.5. The Labute approximate surface area is 155 Å². The predicted octanol–water partition coefficient (Wildman–Crippen LogP) is 3.52. The molecular formula is C22H26N2O2. The Morgan fingerprint density at radius 3 is 2.54 bits per heavy atom. The van der Waals surface area contributed by atoms with Gasteiger partial charge in [0, 0.05) is 25.2 Å². The average molecular weight is 350 g/mol. The number of carbonyl (C=O) groups excluding carboxylic acids is 2. The third-order valence-electron chi connectivity index (χ3n) is 4.90. The minimum atomic E-state index is -0.279. The Morgan fingerprint density at radius 1 is 1.12 bits per heavy atom. The molecule has 1 aliphatic rings. The molecule has 2 aromatic carbocycles. The molecule has 0 bridgehead atoms. The highest BCUT2D eigenvalue weighted by Gasteiger charge is 2.35. The molecular weight excluding hydrogens is 324 g/mol. The fraction of sp³-hybridized carbons (Fsp3) is 0.364. The number of nitrogens with zero attached hydrogens (tertiary/aromatic N) is 1. The van der Waals surface area contributed by atoms with E-state index in [9.17, 15) is 9.59 Å². The van der Waals surface area contributed by atoms with Crippen molar-refractivity contribution in [2.45, 2.75) is 32.6 Å². The first kappa shape index (κ1) is 18.2. The number of anilines is 1. The Bertz CT molecular complexity index is 771. The minimum absolute atomic E-state index is 0.0289. The second kappa shape index (κ2) is 8.17. The zero-order valence-corrected chi connectivity index (χ0v) is 15.4. The molecule has 1 unspecified atom stereocenters. The van der Waals surface area contributed by atoms with E-state index in [2.05, 4.69) is 37.4 Å². The molecule has 1 N–H and O–H groups in total. The summed E-state index contributed by atoms with van der Waals surface area (Å²) in [6, 6.07) is 18.0. The summed E-state index contributed by atoms with van der Waals surface area (Å²) in [6.45, 7) is 5.29. The van der Waals surface area contributed by atoms with Gasteiger partial charge in [0.15, 0.2) is 0 Å². The molecule has 4 nitrogen and oxygen atoms in total. The summed E-state index contributed by atoms with van der Waals surface area (Å²) in [5.74, 6) is 0.0522. The van der Waals surface area contributed by atoms with Crippen LogP contribution in [0.25, 0.3) is 0 Å². The Kier molecular flexibility index (Phi) is 5.71. The second-order valence-corrected chi connectivity index (χ2v) is 7.15. The normalized spacial score (nSPS) is 17.0. The summed E-state index contributed by atoms with van der Waals surface area (Å²) in [5, 5.41) is 2.99. The number of para-hydroxylation sites is 1. The van der Waals surface area contributed by atoms with Crippen LogP contribution < -0.4 is 10.2 Å². The summed E-state index contributed by atoms with van der Waals surface area (Å²) < 4.78 is 0. The van der Waals surface area contributed by atoms with Crippen molar-refractivity contribution in [2.75, 3.05) is 18.0 Å². The first-order valence-corrected chi connectivity index (χ1v) is 9.27. The Hall–Kier alpha value is -2.62. The van der Waals surface area contributed by atoms with Crippen molar-refractivity contribution >= 4 is 17.5 Å². The van der Waals surface area contributed by atoms with E-state index < -0.39 is 0 Å². The number of hydrogen-bond donors (Lipinski definition) is 1. The van der Waals surface area contributed by atoms with E-state index >= 15 is 0 Å². The van der Waals surface area contributed by atoms with E-state index in [-0.39, 0.29) is 24.2 Å². The largest absolute Gasteiger partial charge is 0.355 e. The molecule has 0 aliphatic carbocycles. The molecule has 0 radical (unpaired) electrons. The van der Waals surface area contributed by atoms with Crippen LogP contribution in [0.2, 0.25) is 0 Å². The molecule has 26 heavy (non-hydrogen) atoms. The highest BCUT2D eigenvalue weighted by molar-refractivity contribution is 6.00. The third kappa shape index (κ3) is 4.13. The summed E-state index contributed by atoms with van der Waals surface area (Å²) in [5.41, 5.74) is 3.28. The average Bonchev–Trinajstić information content (AvgIpc) is 3.04. The van der Waals surface area contributed by atoms with Gasteiger partial charge in [-0.05, 0) is 29.5 Å². The molecule has 3 rings (SSSR count). The van der Waals surface area contributed by atoms with Crippen molar-refractivity contribution in [1.29, 1.82) is 0 Å². The van der Waals surface area contributed by atoms with Crippen LogP contribution in [-0.2, 0) is 16.0 Å². The maximum absolute atomic E-state index is 12.5. The SMILES string of the molecule is CC(C)c1ccccc1N1CC(C(=O)NCCc2ccccc2)CC1=O. The van der Waals surface area contributed by atoms with Crippen LogP contribution in [0.4, 0.5) is 5.69 Å². The zero-order valence-electron chi connectivity index (χ0n) is 15.4. The lowest BCUT2D eigenvalue weighted by Gasteiger charge is -2.22. The summed E-state index contributed by atoms with van der Waals surface area (Å²) >= 11 is 0. The van der Waals surface area contributed by atoms with Crippen molar-refractivity contribution in [3.8, 4) is 0 Å². The number of nitrogens with one attached hydrogen (secondary N) is 1. The molecule has 1 saturated heterocycles. The van der Waals surface area contributed by atoms with Gasteiger partial charge in [-0.1, -0.05) is 62.4 Å². The topological polar surface area (TPSA) is 49.4 Å². The molecule has 1 heterocycles. The van der Waals surface area contributed by atoms with Gasteiger partial charge < -0.3 is 10.2 Å². The van der Waals surface area contributed by atoms with Gasteiger partial charge >= 0.3 is 0 Å². The summed E-state index contributed by atoms with van der Waals surface area (Å²) in [6.07, 6.45) is 1.08. The van der Waals surface area contributed by atoms with Crippen LogP contribution >= 0.6 is 0 Å². The molecule has 136 valence electrons. The molecule has 2 amide bonds. The van der Waals surface area contributed by atoms with Crippen LogP contribution in [0, 0.1) is 5.92 Å². The van der Waals surface area contributed by atoms with Crippen molar-refractivity contribution < 1.29 is 9.59 Å². The minimum Gasteiger partial charge on any atom is -0.355 e. The lowest BCUT2D eigenvalue weighted by molar-refractivity contribution is -0.126. The van der Waals surface area contributed by atoms with Gasteiger partial charge in [-0.15, -0.1) is 0 Å². The molecule has 1 fully saturated rings. The predicted molar refractivity (Wildman–Crippen MR) is 104 cm³/mol. The van der Waals surface area contributed by atoms with E-state index in [1.807, 2.05) is 36.4 Å². The van der Waals surface area contributed by atoms with Gasteiger partial charge in [-0.25, -0.2) is 0 Å². The molecule has 0 saturated carbocycles. The van der Waals surface area contributed by atoms with Gasteiger partial charge in [0.05, 0.1) is 5.92 Å². The molecule has 2 aromatic rings. The second-order valence-electron chi connectivity index (χ2n) is 7.15. The maximum Gasteiger partial charge on any atom is 0.227 e. The number of rotatable bonds is 6. The highest BCUT2D eigenvalue weighted by atomic mass is 16.2. The third-order valence-corrected chi connectivity index (χ3v) is 4.90. The van der Waals surface area contributed by atoms with E-state index in [0.717, 1.165) is 17.7 Å².